The number of benzene rings is 1. The highest BCUT2D eigenvalue weighted by atomic mass is 79.9. The summed E-state index contributed by atoms with van der Waals surface area (Å²) in [5, 5.41) is 3.36. The molecule has 0 spiro atoms. The topological polar surface area (TPSA) is 24.9 Å². The maximum absolute atomic E-state index is 4.43. The molecule has 2 nitrogen and oxygen atoms in total. The SMILES string of the molecule is CNC(Cc1ccc(Br)cn1)c1cccc(C)c1. The van der Waals surface area contributed by atoms with Crippen LogP contribution in [0.3, 0.4) is 0 Å². The maximum atomic E-state index is 4.43. The van der Waals surface area contributed by atoms with E-state index in [1.165, 1.54) is 11.1 Å². The van der Waals surface area contributed by atoms with Crippen molar-refractivity contribution in [2.45, 2.75) is 19.4 Å². The Morgan fingerprint density at radius 1 is 1.28 bits per heavy atom. The fourth-order valence-electron chi connectivity index (χ4n) is 2.01. The third kappa shape index (κ3) is 3.40. The molecule has 0 saturated carbocycles. The largest absolute Gasteiger partial charge is 0.313 e. The van der Waals surface area contributed by atoms with Crippen LogP contribution in [0.5, 0.6) is 0 Å². The maximum Gasteiger partial charge on any atom is 0.0423 e. The average Bonchev–Trinajstić information content (AvgIpc) is 2.38. The Labute approximate surface area is 117 Å². The van der Waals surface area contributed by atoms with Crippen LogP contribution in [0.2, 0.25) is 0 Å². The summed E-state index contributed by atoms with van der Waals surface area (Å²) in [7, 11) is 1.99. The van der Waals surface area contributed by atoms with Crippen LogP contribution >= 0.6 is 15.9 Å². The molecule has 18 heavy (non-hydrogen) atoms. The van der Waals surface area contributed by atoms with Gasteiger partial charge in [-0.25, -0.2) is 0 Å². The molecule has 1 aromatic heterocycles. The number of rotatable bonds is 4. The number of nitrogens with one attached hydrogen (secondary N) is 1. The number of aryl methyl sites for hydroxylation is 1. The third-order valence-corrected chi connectivity index (χ3v) is 3.46. The second-order valence-electron chi connectivity index (χ2n) is 4.43. The highest BCUT2D eigenvalue weighted by Gasteiger charge is 2.10. The van der Waals surface area contributed by atoms with Gasteiger partial charge in [0, 0.05) is 28.8 Å². The van der Waals surface area contributed by atoms with Gasteiger partial charge < -0.3 is 5.32 Å². The van der Waals surface area contributed by atoms with Gasteiger partial charge in [0.25, 0.3) is 0 Å². The Morgan fingerprint density at radius 2 is 2.11 bits per heavy atom. The van der Waals surface area contributed by atoms with Gasteiger partial charge in [0.2, 0.25) is 0 Å². The first-order valence-corrected chi connectivity index (χ1v) is 6.82. The number of hydrogen-bond donors (Lipinski definition) is 1. The molecule has 0 bridgehead atoms. The molecule has 0 aliphatic heterocycles. The molecule has 0 aliphatic carbocycles. The molecule has 0 radical (unpaired) electrons. The van der Waals surface area contributed by atoms with E-state index in [4.69, 9.17) is 0 Å². The first kappa shape index (κ1) is 13.2. The van der Waals surface area contributed by atoms with Crippen LogP contribution in [0, 0.1) is 6.92 Å². The molecule has 1 atom stereocenters. The fourth-order valence-corrected chi connectivity index (χ4v) is 2.24. The smallest absolute Gasteiger partial charge is 0.0423 e. The minimum Gasteiger partial charge on any atom is -0.313 e. The van der Waals surface area contributed by atoms with Crippen molar-refractivity contribution >= 4 is 15.9 Å². The fraction of sp³-hybridized carbons (Fsp3) is 0.267. The molecule has 2 aromatic rings. The van der Waals surface area contributed by atoms with Crippen LogP contribution < -0.4 is 5.32 Å². The van der Waals surface area contributed by atoms with Gasteiger partial charge in [-0.05, 0) is 47.6 Å². The molecule has 1 unspecified atom stereocenters. The number of likely N-dealkylation sites (N-methyl/N-ethyl adjacent to an activating group) is 1. The van der Waals surface area contributed by atoms with Gasteiger partial charge in [-0.3, -0.25) is 4.98 Å². The minimum atomic E-state index is 0.304. The predicted octanol–water partition coefficient (Wildman–Crippen LogP) is 3.66. The average molecular weight is 305 g/mol. The van der Waals surface area contributed by atoms with Crippen LogP contribution in [0.1, 0.15) is 22.9 Å². The summed E-state index contributed by atoms with van der Waals surface area (Å²) in [5.41, 5.74) is 3.69. The molecule has 0 amide bonds. The lowest BCUT2D eigenvalue weighted by Crippen LogP contribution is -2.19. The van der Waals surface area contributed by atoms with Crippen molar-refractivity contribution in [3.05, 3.63) is 63.9 Å². The van der Waals surface area contributed by atoms with Gasteiger partial charge in [-0.15, -0.1) is 0 Å². The first-order chi connectivity index (χ1) is 8.69. The van der Waals surface area contributed by atoms with Crippen molar-refractivity contribution in [1.82, 2.24) is 10.3 Å². The standard InChI is InChI=1S/C15H17BrN2/c1-11-4-3-5-12(8-11)15(17-2)9-14-7-6-13(16)10-18-14/h3-8,10,15,17H,9H2,1-2H3. The van der Waals surface area contributed by atoms with Crippen LogP contribution in [0.25, 0.3) is 0 Å². The zero-order valence-electron chi connectivity index (χ0n) is 10.7. The first-order valence-electron chi connectivity index (χ1n) is 6.03. The molecule has 94 valence electrons. The summed E-state index contributed by atoms with van der Waals surface area (Å²) in [5.74, 6) is 0. The van der Waals surface area contributed by atoms with E-state index in [9.17, 15) is 0 Å². The lowest BCUT2D eigenvalue weighted by molar-refractivity contribution is 0.584. The van der Waals surface area contributed by atoms with E-state index >= 15 is 0 Å². The van der Waals surface area contributed by atoms with E-state index in [1.54, 1.807) is 0 Å². The molecular formula is C15H17BrN2. The number of nitrogens with zero attached hydrogens (tertiary/aromatic N) is 1. The van der Waals surface area contributed by atoms with Crippen LogP contribution in [0.4, 0.5) is 0 Å². The second-order valence-corrected chi connectivity index (χ2v) is 5.34. The Hall–Kier alpha value is -1.19. The number of hydrogen-bond acceptors (Lipinski definition) is 2. The van der Waals surface area contributed by atoms with E-state index in [1.807, 2.05) is 19.3 Å². The zero-order chi connectivity index (χ0) is 13.0. The minimum absolute atomic E-state index is 0.304. The van der Waals surface area contributed by atoms with Crippen molar-refractivity contribution < 1.29 is 0 Å². The number of pyridine rings is 1. The normalized spacial score (nSPS) is 12.4. The molecule has 1 N–H and O–H groups in total. The summed E-state index contributed by atoms with van der Waals surface area (Å²) in [6.45, 7) is 2.12. The Morgan fingerprint density at radius 3 is 2.72 bits per heavy atom. The van der Waals surface area contributed by atoms with Crippen molar-refractivity contribution in [3.8, 4) is 0 Å². The van der Waals surface area contributed by atoms with Crippen molar-refractivity contribution in [1.29, 1.82) is 0 Å². The van der Waals surface area contributed by atoms with Crippen LogP contribution in [-0.2, 0) is 6.42 Å². The highest BCUT2D eigenvalue weighted by molar-refractivity contribution is 9.10. The van der Waals surface area contributed by atoms with Gasteiger partial charge in [0.1, 0.15) is 0 Å². The van der Waals surface area contributed by atoms with Gasteiger partial charge in [-0.1, -0.05) is 29.8 Å². The molecule has 0 saturated heterocycles. The summed E-state index contributed by atoms with van der Waals surface area (Å²) >= 11 is 3.41. The number of halogens is 1. The van der Waals surface area contributed by atoms with Gasteiger partial charge in [-0.2, -0.15) is 0 Å². The lowest BCUT2D eigenvalue weighted by atomic mass is 10.00. The van der Waals surface area contributed by atoms with E-state index in [0.717, 1.165) is 16.6 Å². The number of aromatic nitrogens is 1. The lowest BCUT2D eigenvalue weighted by Gasteiger charge is -2.16. The summed E-state index contributed by atoms with van der Waals surface area (Å²) < 4.78 is 1.02. The Balaban J connectivity index is 2.17. The molecule has 2 rings (SSSR count). The van der Waals surface area contributed by atoms with Crippen molar-refractivity contribution in [2.24, 2.45) is 0 Å². The van der Waals surface area contributed by atoms with Crippen molar-refractivity contribution in [2.75, 3.05) is 7.05 Å². The molecule has 1 heterocycles. The molecule has 1 aromatic carbocycles. The van der Waals surface area contributed by atoms with E-state index in [-0.39, 0.29) is 0 Å². The Kier molecular flexibility index (Phi) is 4.50. The van der Waals surface area contributed by atoms with Crippen LogP contribution in [0.15, 0.2) is 47.1 Å². The van der Waals surface area contributed by atoms with E-state index in [2.05, 4.69) is 63.5 Å². The molecule has 0 fully saturated rings. The molecular weight excluding hydrogens is 288 g/mol. The summed E-state index contributed by atoms with van der Waals surface area (Å²) in [6, 6.07) is 13.0. The quantitative estimate of drug-likeness (QED) is 0.932. The van der Waals surface area contributed by atoms with Gasteiger partial charge >= 0.3 is 0 Å². The Bertz CT molecular complexity index is 508. The van der Waals surface area contributed by atoms with Crippen LogP contribution in [-0.4, -0.2) is 12.0 Å². The van der Waals surface area contributed by atoms with E-state index < -0.39 is 0 Å². The molecule has 3 heteroatoms. The van der Waals surface area contributed by atoms with E-state index in [0.29, 0.717) is 6.04 Å². The predicted molar refractivity (Wildman–Crippen MR) is 78.6 cm³/mol. The second kappa shape index (κ2) is 6.12. The third-order valence-electron chi connectivity index (χ3n) is 2.99. The summed E-state index contributed by atoms with van der Waals surface area (Å²) in [4.78, 5) is 4.43. The van der Waals surface area contributed by atoms with Gasteiger partial charge in [0.15, 0.2) is 0 Å². The molecule has 0 aliphatic rings. The zero-order valence-corrected chi connectivity index (χ0v) is 12.2. The van der Waals surface area contributed by atoms with Gasteiger partial charge in [0.05, 0.1) is 0 Å². The summed E-state index contributed by atoms with van der Waals surface area (Å²) in [6.07, 6.45) is 2.74. The van der Waals surface area contributed by atoms with Crippen molar-refractivity contribution in [3.63, 3.8) is 0 Å². The monoisotopic (exact) mass is 304 g/mol. The highest BCUT2D eigenvalue weighted by Crippen LogP contribution is 2.19.